The molecule has 0 unspecified atom stereocenters. The third kappa shape index (κ3) is 4.07. The summed E-state index contributed by atoms with van der Waals surface area (Å²) in [5.74, 6) is 2.86. The van der Waals surface area contributed by atoms with Gasteiger partial charge in [-0.3, -0.25) is 0 Å². The normalized spacial score (nSPS) is 14.1. The van der Waals surface area contributed by atoms with Crippen molar-refractivity contribution in [2.24, 2.45) is 4.99 Å². The molecule has 0 radical (unpaired) electrons. The fraction of sp³-hybridized carbons (Fsp3) is 0.600. The van der Waals surface area contributed by atoms with Crippen molar-refractivity contribution in [3.63, 3.8) is 0 Å². The van der Waals surface area contributed by atoms with Crippen LogP contribution >= 0.6 is 11.3 Å². The molecular weight excluding hydrogens is 310 g/mol. The predicted molar refractivity (Wildman–Crippen MR) is 91.7 cm³/mol. The number of nitrogens with one attached hydrogen (secondary N) is 2. The van der Waals surface area contributed by atoms with Gasteiger partial charge in [-0.15, -0.1) is 21.5 Å². The molecule has 0 amide bonds. The van der Waals surface area contributed by atoms with E-state index in [2.05, 4.69) is 49.2 Å². The quantitative estimate of drug-likeness (QED) is 0.615. The molecule has 2 aromatic rings. The van der Waals surface area contributed by atoms with Gasteiger partial charge in [0.15, 0.2) is 11.8 Å². The van der Waals surface area contributed by atoms with Gasteiger partial charge in [0.25, 0.3) is 0 Å². The summed E-state index contributed by atoms with van der Waals surface area (Å²) in [6, 6.07) is 0. The van der Waals surface area contributed by atoms with Crippen LogP contribution in [0.1, 0.15) is 34.9 Å². The van der Waals surface area contributed by atoms with Gasteiger partial charge in [-0.05, 0) is 20.3 Å². The standard InChI is InChI=1S/C15H23N7S/c1-3-16-15(17-7-6-14-18-9-11(2)23-14)19-10-13-21-20-12-5-4-8-22(12)13/h9H,3-8,10H2,1-2H3,(H2,16,17,19). The number of nitrogens with zero attached hydrogens (tertiary/aromatic N) is 5. The summed E-state index contributed by atoms with van der Waals surface area (Å²) < 4.78 is 2.19. The first-order valence-electron chi connectivity index (χ1n) is 8.10. The van der Waals surface area contributed by atoms with Crippen LogP contribution in [0, 0.1) is 6.92 Å². The number of guanidine groups is 1. The Morgan fingerprint density at radius 3 is 3.09 bits per heavy atom. The summed E-state index contributed by atoms with van der Waals surface area (Å²) in [7, 11) is 0. The molecule has 0 aliphatic carbocycles. The number of aliphatic imine (C=N–C) groups is 1. The van der Waals surface area contributed by atoms with Crippen molar-refractivity contribution in [1.29, 1.82) is 0 Å². The van der Waals surface area contributed by atoms with Crippen molar-refractivity contribution in [3.8, 4) is 0 Å². The van der Waals surface area contributed by atoms with Crippen LogP contribution in [-0.4, -0.2) is 38.8 Å². The molecule has 3 rings (SSSR count). The van der Waals surface area contributed by atoms with Gasteiger partial charge in [-0.2, -0.15) is 0 Å². The van der Waals surface area contributed by atoms with E-state index in [0.29, 0.717) is 6.54 Å². The Kier molecular flexibility index (Phi) is 5.22. The number of rotatable bonds is 6. The molecule has 0 saturated heterocycles. The first kappa shape index (κ1) is 15.9. The summed E-state index contributed by atoms with van der Waals surface area (Å²) >= 11 is 1.74. The maximum Gasteiger partial charge on any atom is 0.191 e. The zero-order chi connectivity index (χ0) is 16.1. The first-order chi connectivity index (χ1) is 11.3. The third-order valence-corrected chi connectivity index (χ3v) is 4.68. The smallest absolute Gasteiger partial charge is 0.191 e. The predicted octanol–water partition coefficient (Wildman–Crippen LogP) is 1.29. The molecule has 7 nitrogen and oxygen atoms in total. The molecule has 1 aliphatic heterocycles. The van der Waals surface area contributed by atoms with Gasteiger partial charge in [0.05, 0.1) is 5.01 Å². The van der Waals surface area contributed by atoms with Gasteiger partial charge in [0, 0.05) is 43.5 Å². The minimum atomic E-state index is 0.554. The fourth-order valence-electron chi connectivity index (χ4n) is 2.62. The van der Waals surface area contributed by atoms with Gasteiger partial charge < -0.3 is 15.2 Å². The third-order valence-electron chi connectivity index (χ3n) is 3.71. The van der Waals surface area contributed by atoms with Crippen LogP contribution in [-0.2, 0) is 25.9 Å². The van der Waals surface area contributed by atoms with E-state index in [1.54, 1.807) is 11.3 Å². The SMILES string of the molecule is CCNC(=NCc1nnc2n1CCC2)NCCc1ncc(C)s1. The molecule has 8 heteroatoms. The molecule has 3 heterocycles. The van der Waals surface area contributed by atoms with E-state index < -0.39 is 0 Å². The molecule has 2 aromatic heterocycles. The number of hydrogen-bond donors (Lipinski definition) is 2. The highest BCUT2D eigenvalue weighted by molar-refractivity contribution is 7.11. The van der Waals surface area contributed by atoms with Crippen LogP contribution in [0.3, 0.4) is 0 Å². The maximum absolute atomic E-state index is 4.62. The van der Waals surface area contributed by atoms with Gasteiger partial charge in [-0.25, -0.2) is 9.98 Å². The molecule has 0 saturated carbocycles. The van der Waals surface area contributed by atoms with Crippen LogP contribution in [0.5, 0.6) is 0 Å². The molecular formula is C15H23N7S. The monoisotopic (exact) mass is 333 g/mol. The molecule has 124 valence electrons. The molecule has 1 aliphatic rings. The highest BCUT2D eigenvalue weighted by Gasteiger charge is 2.16. The van der Waals surface area contributed by atoms with Gasteiger partial charge in [0.2, 0.25) is 0 Å². The lowest BCUT2D eigenvalue weighted by Crippen LogP contribution is -2.38. The molecule has 0 spiro atoms. The van der Waals surface area contributed by atoms with Crippen LogP contribution < -0.4 is 10.6 Å². The fourth-order valence-corrected chi connectivity index (χ4v) is 3.41. The van der Waals surface area contributed by atoms with Gasteiger partial charge in [-0.1, -0.05) is 0 Å². The van der Waals surface area contributed by atoms with E-state index in [4.69, 9.17) is 0 Å². The molecule has 0 bridgehead atoms. The topological polar surface area (TPSA) is 80.0 Å². The van der Waals surface area contributed by atoms with E-state index in [0.717, 1.165) is 61.5 Å². The lowest BCUT2D eigenvalue weighted by Gasteiger charge is -2.10. The Hall–Kier alpha value is -1.96. The average molecular weight is 333 g/mol. The zero-order valence-electron chi connectivity index (χ0n) is 13.7. The minimum absolute atomic E-state index is 0.554. The Morgan fingerprint density at radius 2 is 2.30 bits per heavy atom. The number of aromatic nitrogens is 4. The van der Waals surface area contributed by atoms with E-state index >= 15 is 0 Å². The van der Waals surface area contributed by atoms with Crippen molar-refractivity contribution < 1.29 is 0 Å². The maximum atomic E-state index is 4.62. The highest BCUT2D eigenvalue weighted by atomic mass is 32.1. The highest BCUT2D eigenvalue weighted by Crippen LogP contribution is 2.14. The number of aryl methyl sites for hydroxylation is 2. The van der Waals surface area contributed by atoms with Crippen molar-refractivity contribution in [2.45, 2.75) is 46.2 Å². The molecule has 23 heavy (non-hydrogen) atoms. The second-order valence-corrected chi connectivity index (χ2v) is 6.84. The van der Waals surface area contributed by atoms with Gasteiger partial charge >= 0.3 is 0 Å². The van der Waals surface area contributed by atoms with Crippen molar-refractivity contribution >= 4 is 17.3 Å². The largest absolute Gasteiger partial charge is 0.357 e. The Morgan fingerprint density at radius 1 is 1.39 bits per heavy atom. The van der Waals surface area contributed by atoms with Gasteiger partial charge in [0.1, 0.15) is 12.4 Å². The number of hydrogen-bond acceptors (Lipinski definition) is 5. The minimum Gasteiger partial charge on any atom is -0.357 e. The van der Waals surface area contributed by atoms with Crippen LogP contribution in [0.15, 0.2) is 11.2 Å². The number of fused-ring (bicyclic) bond motifs is 1. The molecule has 0 fully saturated rings. The van der Waals surface area contributed by atoms with Crippen LogP contribution in [0.4, 0.5) is 0 Å². The Balaban J connectivity index is 1.54. The van der Waals surface area contributed by atoms with Crippen LogP contribution in [0.25, 0.3) is 0 Å². The Labute approximate surface area is 140 Å². The summed E-state index contributed by atoms with van der Waals surface area (Å²) in [6.45, 7) is 7.36. The first-order valence-corrected chi connectivity index (χ1v) is 8.92. The lowest BCUT2D eigenvalue weighted by atomic mass is 10.4. The van der Waals surface area contributed by atoms with E-state index in [1.165, 1.54) is 4.88 Å². The Bertz CT molecular complexity index is 673. The second kappa shape index (κ2) is 7.54. The number of thiazole rings is 1. The zero-order valence-corrected chi connectivity index (χ0v) is 14.5. The summed E-state index contributed by atoms with van der Waals surface area (Å²) in [5, 5.41) is 16.2. The van der Waals surface area contributed by atoms with E-state index in [1.807, 2.05) is 6.20 Å². The summed E-state index contributed by atoms with van der Waals surface area (Å²) in [4.78, 5) is 10.3. The summed E-state index contributed by atoms with van der Waals surface area (Å²) in [5.41, 5.74) is 0. The molecule has 0 aromatic carbocycles. The lowest BCUT2D eigenvalue weighted by molar-refractivity contribution is 0.684. The second-order valence-electron chi connectivity index (χ2n) is 5.52. The van der Waals surface area contributed by atoms with Crippen molar-refractivity contribution in [3.05, 3.63) is 27.7 Å². The van der Waals surface area contributed by atoms with Crippen molar-refractivity contribution in [2.75, 3.05) is 13.1 Å². The molecule has 0 atom stereocenters. The van der Waals surface area contributed by atoms with E-state index in [9.17, 15) is 0 Å². The summed E-state index contributed by atoms with van der Waals surface area (Å²) in [6.07, 6.45) is 5.02. The average Bonchev–Trinajstić information content (AvgIpc) is 3.22. The van der Waals surface area contributed by atoms with E-state index in [-0.39, 0.29) is 0 Å². The van der Waals surface area contributed by atoms with Crippen molar-refractivity contribution in [1.82, 2.24) is 30.4 Å². The molecule has 2 N–H and O–H groups in total. The van der Waals surface area contributed by atoms with Crippen LogP contribution in [0.2, 0.25) is 0 Å².